The number of anilines is 1. The second kappa shape index (κ2) is 6.37. The molecule has 4 nitrogen and oxygen atoms in total. The highest BCUT2D eigenvalue weighted by atomic mass is 16.5. The summed E-state index contributed by atoms with van der Waals surface area (Å²) in [4.78, 5) is 4.56. The van der Waals surface area contributed by atoms with Crippen LogP contribution in [0, 0.1) is 0 Å². The van der Waals surface area contributed by atoms with Gasteiger partial charge in [-0.25, -0.2) is 0 Å². The van der Waals surface area contributed by atoms with Crippen LogP contribution < -0.4 is 10.6 Å². The van der Waals surface area contributed by atoms with Crippen molar-refractivity contribution in [1.29, 1.82) is 0 Å². The molecule has 0 bridgehead atoms. The molecule has 2 rings (SSSR count). The third-order valence-electron chi connectivity index (χ3n) is 3.85. The molecule has 2 atom stereocenters. The van der Waals surface area contributed by atoms with E-state index < -0.39 is 0 Å². The van der Waals surface area contributed by atoms with Gasteiger partial charge < -0.3 is 15.4 Å². The zero-order valence-corrected chi connectivity index (χ0v) is 12.2. The molecule has 1 fully saturated rings. The van der Waals surface area contributed by atoms with E-state index in [1.54, 1.807) is 0 Å². The average molecular weight is 263 g/mol. The Kier molecular flexibility index (Phi) is 4.80. The van der Waals surface area contributed by atoms with Crippen LogP contribution in [0.3, 0.4) is 0 Å². The van der Waals surface area contributed by atoms with Crippen molar-refractivity contribution in [2.75, 3.05) is 45.2 Å². The van der Waals surface area contributed by atoms with Crippen molar-refractivity contribution in [3.8, 4) is 0 Å². The molecule has 0 radical (unpaired) electrons. The van der Waals surface area contributed by atoms with Crippen LogP contribution in [0.5, 0.6) is 0 Å². The van der Waals surface area contributed by atoms with Gasteiger partial charge in [-0.15, -0.1) is 0 Å². The lowest BCUT2D eigenvalue weighted by Gasteiger charge is -2.40. The van der Waals surface area contributed by atoms with Crippen molar-refractivity contribution < 1.29 is 4.74 Å². The average Bonchev–Trinajstić information content (AvgIpc) is 2.46. The van der Waals surface area contributed by atoms with E-state index in [9.17, 15) is 0 Å². The lowest BCUT2D eigenvalue weighted by atomic mass is 9.97. The van der Waals surface area contributed by atoms with E-state index in [2.05, 4.69) is 55.1 Å². The fourth-order valence-corrected chi connectivity index (χ4v) is 2.73. The van der Waals surface area contributed by atoms with E-state index in [4.69, 9.17) is 10.5 Å². The van der Waals surface area contributed by atoms with E-state index in [0.717, 1.165) is 19.7 Å². The summed E-state index contributed by atoms with van der Waals surface area (Å²) in [6.45, 7) is 5.55. The monoisotopic (exact) mass is 263 g/mol. The Morgan fingerprint density at radius 2 is 2.00 bits per heavy atom. The predicted octanol–water partition coefficient (Wildman–Crippen LogP) is 1.47. The lowest BCUT2D eigenvalue weighted by Crippen LogP contribution is -2.48. The Morgan fingerprint density at radius 1 is 1.32 bits per heavy atom. The van der Waals surface area contributed by atoms with Gasteiger partial charge in [-0.05, 0) is 24.2 Å². The second-order valence-electron chi connectivity index (χ2n) is 5.20. The summed E-state index contributed by atoms with van der Waals surface area (Å²) in [5.41, 5.74) is 8.38. The van der Waals surface area contributed by atoms with Crippen molar-refractivity contribution in [3.05, 3.63) is 29.8 Å². The van der Waals surface area contributed by atoms with E-state index >= 15 is 0 Å². The van der Waals surface area contributed by atoms with E-state index in [-0.39, 0.29) is 12.1 Å². The maximum absolute atomic E-state index is 5.87. The number of benzene rings is 1. The van der Waals surface area contributed by atoms with E-state index in [1.165, 1.54) is 11.3 Å². The van der Waals surface area contributed by atoms with Gasteiger partial charge in [0.2, 0.25) is 0 Å². The number of nitrogens with zero attached hydrogens (tertiary/aromatic N) is 2. The minimum atomic E-state index is 0.0962. The van der Waals surface area contributed by atoms with E-state index in [1.807, 2.05) is 0 Å². The van der Waals surface area contributed by atoms with Crippen molar-refractivity contribution in [3.63, 3.8) is 0 Å². The molecule has 1 aromatic carbocycles. The summed E-state index contributed by atoms with van der Waals surface area (Å²) >= 11 is 0. The minimum absolute atomic E-state index is 0.0962. The highest BCUT2D eigenvalue weighted by Crippen LogP contribution is 2.30. The van der Waals surface area contributed by atoms with Crippen molar-refractivity contribution in [2.45, 2.75) is 19.1 Å². The van der Waals surface area contributed by atoms with Gasteiger partial charge in [-0.1, -0.05) is 19.1 Å². The van der Waals surface area contributed by atoms with Crippen LogP contribution in [-0.2, 0) is 4.74 Å². The molecule has 0 amide bonds. The molecule has 2 unspecified atom stereocenters. The fourth-order valence-electron chi connectivity index (χ4n) is 2.73. The molecule has 4 heteroatoms. The number of ether oxygens (including phenoxy) is 1. The first-order valence-corrected chi connectivity index (χ1v) is 7.00. The molecule has 0 spiro atoms. The van der Waals surface area contributed by atoms with Gasteiger partial charge in [-0.3, -0.25) is 4.90 Å². The van der Waals surface area contributed by atoms with Gasteiger partial charge >= 0.3 is 0 Å². The molecule has 1 aliphatic rings. The van der Waals surface area contributed by atoms with Crippen LogP contribution in [0.25, 0.3) is 0 Å². The second-order valence-corrected chi connectivity index (χ2v) is 5.20. The summed E-state index contributed by atoms with van der Waals surface area (Å²) in [6, 6.07) is 8.98. The number of rotatable bonds is 4. The Morgan fingerprint density at radius 3 is 2.53 bits per heavy atom. The standard InChI is InChI=1S/C15H25N3O/c1-4-18-9-10-19-14(11-16)15(18)12-5-7-13(8-6-12)17(2)3/h5-8,14-15H,4,9-11,16H2,1-3H3. The van der Waals surface area contributed by atoms with Crippen LogP contribution >= 0.6 is 0 Å². The fraction of sp³-hybridized carbons (Fsp3) is 0.600. The molecular formula is C15H25N3O. The molecule has 0 saturated carbocycles. The first kappa shape index (κ1) is 14.3. The largest absolute Gasteiger partial charge is 0.378 e. The quantitative estimate of drug-likeness (QED) is 0.893. The molecule has 1 saturated heterocycles. The number of hydrogen-bond acceptors (Lipinski definition) is 4. The molecule has 1 aromatic rings. The van der Waals surface area contributed by atoms with Gasteiger partial charge in [0.25, 0.3) is 0 Å². The summed E-state index contributed by atoms with van der Waals surface area (Å²) in [6.07, 6.45) is 0.0962. The number of likely N-dealkylation sites (N-methyl/N-ethyl adjacent to an activating group) is 1. The zero-order chi connectivity index (χ0) is 13.8. The third kappa shape index (κ3) is 3.08. The van der Waals surface area contributed by atoms with Gasteiger partial charge in [0.05, 0.1) is 18.8 Å². The molecule has 0 aliphatic carbocycles. The number of nitrogens with two attached hydrogens (primary N) is 1. The molecule has 1 heterocycles. The van der Waals surface area contributed by atoms with Crippen LogP contribution in [0.4, 0.5) is 5.69 Å². The van der Waals surface area contributed by atoms with Crippen molar-refractivity contribution >= 4 is 5.69 Å². The first-order valence-electron chi connectivity index (χ1n) is 7.00. The first-order chi connectivity index (χ1) is 9.17. The maximum atomic E-state index is 5.87. The topological polar surface area (TPSA) is 41.7 Å². The Balaban J connectivity index is 2.24. The van der Waals surface area contributed by atoms with E-state index in [0.29, 0.717) is 6.54 Å². The van der Waals surface area contributed by atoms with Crippen LogP contribution in [-0.4, -0.2) is 51.3 Å². The summed E-state index contributed by atoms with van der Waals surface area (Å²) in [7, 11) is 4.11. The Hall–Kier alpha value is -1.10. The zero-order valence-electron chi connectivity index (χ0n) is 12.2. The van der Waals surface area contributed by atoms with Gasteiger partial charge in [0, 0.05) is 32.9 Å². The van der Waals surface area contributed by atoms with Gasteiger partial charge in [0.1, 0.15) is 0 Å². The molecule has 2 N–H and O–H groups in total. The minimum Gasteiger partial charge on any atom is -0.378 e. The van der Waals surface area contributed by atoms with Crippen LogP contribution in [0.2, 0.25) is 0 Å². The Bertz CT molecular complexity index is 379. The van der Waals surface area contributed by atoms with Crippen molar-refractivity contribution in [1.82, 2.24) is 4.90 Å². The van der Waals surface area contributed by atoms with Gasteiger partial charge in [-0.2, -0.15) is 0 Å². The molecule has 1 aliphatic heterocycles. The normalized spacial score (nSPS) is 24.4. The lowest BCUT2D eigenvalue weighted by molar-refractivity contribution is -0.0658. The van der Waals surface area contributed by atoms with Crippen molar-refractivity contribution in [2.24, 2.45) is 5.73 Å². The molecular weight excluding hydrogens is 238 g/mol. The highest BCUT2D eigenvalue weighted by Gasteiger charge is 2.31. The molecule has 0 aromatic heterocycles. The van der Waals surface area contributed by atoms with Crippen LogP contribution in [0.1, 0.15) is 18.5 Å². The molecule has 19 heavy (non-hydrogen) atoms. The highest BCUT2D eigenvalue weighted by molar-refractivity contribution is 5.46. The summed E-state index contributed by atoms with van der Waals surface area (Å²) < 4.78 is 5.83. The van der Waals surface area contributed by atoms with Gasteiger partial charge in [0.15, 0.2) is 0 Å². The number of morpholine rings is 1. The Labute approximate surface area is 116 Å². The SMILES string of the molecule is CCN1CCOC(CN)C1c1ccc(N(C)C)cc1. The maximum Gasteiger partial charge on any atom is 0.0894 e. The smallest absolute Gasteiger partial charge is 0.0894 e. The molecule has 106 valence electrons. The third-order valence-corrected chi connectivity index (χ3v) is 3.85. The number of hydrogen-bond donors (Lipinski definition) is 1. The summed E-state index contributed by atoms with van der Waals surface area (Å²) in [5, 5.41) is 0. The predicted molar refractivity (Wildman–Crippen MR) is 79.6 cm³/mol. The summed E-state index contributed by atoms with van der Waals surface area (Å²) in [5.74, 6) is 0. The van der Waals surface area contributed by atoms with Crippen LogP contribution in [0.15, 0.2) is 24.3 Å².